The third-order valence-corrected chi connectivity index (χ3v) is 8.19. The fraction of sp³-hybridized carbons (Fsp3) is 0.455. The van der Waals surface area contributed by atoms with E-state index in [0.29, 0.717) is 12.1 Å². The number of thiophene rings is 2. The minimum Gasteiger partial charge on any atom is -0.381 e. The summed E-state index contributed by atoms with van der Waals surface area (Å²) in [5.41, 5.74) is 0. The Morgan fingerprint density at radius 1 is 0.818 bits per heavy atom. The van der Waals surface area contributed by atoms with Crippen LogP contribution in [0.15, 0.2) is 29.9 Å². The van der Waals surface area contributed by atoms with Crippen molar-refractivity contribution < 1.29 is 9.47 Å². The van der Waals surface area contributed by atoms with Gasteiger partial charge in [0, 0.05) is 61.7 Å². The number of halogens is 1. The molecule has 174 valence electrons. The first-order chi connectivity index (χ1) is 16.2. The number of fused-ring (bicyclic) bond motifs is 2. The second-order valence-corrected chi connectivity index (χ2v) is 11.8. The lowest BCUT2D eigenvalue weighted by Gasteiger charge is -2.22. The van der Waals surface area contributed by atoms with Gasteiger partial charge in [-0.3, -0.25) is 0 Å². The molecule has 8 nitrogen and oxygen atoms in total. The molecule has 4 aromatic heterocycles. The van der Waals surface area contributed by atoms with Crippen molar-refractivity contribution in [3.63, 3.8) is 0 Å². The van der Waals surface area contributed by atoms with E-state index in [-0.39, 0.29) is 0 Å². The van der Waals surface area contributed by atoms with Crippen LogP contribution in [0.2, 0.25) is 0 Å². The van der Waals surface area contributed by atoms with Crippen LogP contribution in [0, 0.1) is 2.88 Å². The Bertz CT molecular complexity index is 1190. The summed E-state index contributed by atoms with van der Waals surface area (Å²) in [5, 5.41) is 11.0. The Hall–Kier alpha value is -1.67. The highest BCUT2D eigenvalue weighted by Gasteiger charge is 2.15. The molecule has 0 radical (unpaired) electrons. The van der Waals surface area contributed by atoms with Gasteiger partial charge in [-0.15, -0.1) is 22.7 Å². The van der Waals surface area contributed by atoms with E-state index in [1.54, 1.807) is 22.7 Å². The summed E-state index contributed by atoms with van der Waals surface area (Å²) in [6.07, 6.45) is 7.90. The first-order valence-corrected chi connectivity index (χ1v) is 13.8. The van der Waals surface area contributed by atoms with Gasteiger partial charge in [0.15, 0.2) is 0 Å². The van der Waals surface area contributed by atoms with E-state index < -0.39 is 0 Å². The molecule has 11 heteroatoms. The van der Waals surface area contributed by atoms with Gasteiger partial charge in [0.25, 0.3) is 0 Å². The van der Waals surface area contributed by atoms with Gasteiger partial charge in [-0.05, 0) is 65.8 Å². The van der Waals surface area contributed by atoms with E-state index >= 15 is 0 Å². The molecule has 2 aliphatic rings. The first kappa shape index (κ1) is 23.1. The number of ether oxygens (including phenoxy) is 2. The predicted octanol–water partition coefficient (Wildman–Crippen LogP) is 5.17. The van der Waals surface area contributed by atoms with Crippen LogP contribution in [-0.4, -0.2) is 58.4 Å². The van der Waals surface area contributed by atoms with E-state index in [0.717, 1.165) is 84.4 Å². The topological polar surface area (TPSA) is 94.1 Å². The van der Waals surface area contributed by atoms with Crippen LogP contribution in [-0.2, 0) is 9.47 Å². The average molecular weight is 597 g/mol. The van der Waals surface area contributed by atoms with E-state index in [2.05, 4.69) is 59.2 Å². The third-order valence-electron chi connectivity index (χ3n) is 5.56. The largest absolute Gasteiger partial charge is 0.381 e. The minimum atomic E-state index is 0.445. The second kappa shape index (κ2) is 11.2. The van der Waals surface area contributed by atoms with Gasteiger partial charge in [-0.25, -0.2) is 19.9 Å². The molecule has 0 atom stereocenters. The Morgan fingerprint density at radius 3 is 2.03 bits per heavy atom. The number of nitrogens with one attached hydrogen (secondary N) is 2. The highest BCUT2D eigenvalue weighted by atomic mass is 127. The Morgan fingerprint density at radius 2 is 1.39 bits per heavy atom. The summed E-state index contributed by atoms with van der Waals surface area (Å²) in [5.74, 6) is 1.48. The van der Waals surface area contributed by atoms with Crippen LogP contribution in [0.5, 0.6) is 0 Å². The number of nitrogens with zero attached hydrogens (tertiary/aromatic N) is 4. The highest BCUT2D eigenvalue weighted by Crippen LogP contribution is 2.25. The molecule has 0 unspecified atom stereocenters. The molecular weight excluding hydrogens is 571 g/mol. The van der Waals surface area contributed by atoms with Crippen molar-refractivity contribution >= 4 is 77.6 Å². The van der Waals surface area contributed by atoms with Gasteiger partial charge in [0.05, 0.1) is 2.88 Å². The van der Waals surface area contributed by atoms with Crippen LogP contribution in [0.1, 0.15) is 25.7 Å². The van der Waals surface area contributed by atoms with Crippen molar-refractivity contribution in [1.29, 1.82) is 0 Å². The lowest BCUT2D eigenvalue weighted by molar-refractivity contribution is 0.0902. The maximum absolute atomic E-state index is 5.33. The van der Waals surface area contributed by atoms with E-state index in [9.17, 15) is 0 Å². The average Bonchev–Trinajstić information content (AvgIpc) is 3.46. The van der Waals surface area contributed by atoms with Crippen LogP contribution in [0.3, 0.4) is 0 Å². The Balaban J connectivity index is 0.000000139. The van der Waals surface area contributed by atoms with Gasteiger partial charge in [-0.1, -0.05) is 0 Å². The van der Waals surface area contributed by atoms with Crippen LogP contribution in [0.4, 0.5) is 11.9 Å². The second-order valence-electron chi connectivity index (χ2n) is 7.94. The fourth-order valence-corrected chi connectivity index (χ4v) is 6.18. The van der Waals surface area contributed by atoms with Crippen molar-refractivity contribution in [1.82, 2.24) is 19.9 Å². The normalized spacial score (nSPS) is 17.6. The van der Waals surface area contributed by atoms with Gasteiger partial charge >= 0.3 is 0 Å². The molecule has 4 aromatic rings. The van der Waals surface area contributed by atoms with Gasteiger partial charge in [-0.2, -0.15) is 0 Å². The van der Waals surface area contributed by atoms with E-state index in [1.165, 1.54) is 2.88 Å². The molecule has 2 aliphatic heterocycles. The number of anilines is 2. The SMILES string of the molecule is Ic1cc2cnc(NC3CCOCC3)nc2s1.c1cc2cnc(NC3CCOCC3)nc2s1. The number of aromatic nitrogens is 4. The Labute approximate surface area is 213 Å². The zero-order valence-electron chi connectivity index (χ0n) is 18.0. The molecule has 2 fully saturated rings. The molecule has 33 heavy (non-hydrogen) atoms. The Kier molecular flexibility index (Phi) is 7.82. The number of hydrogen-bond acceptors (Lipinski definition) is 10. The van der Waals surface area contributed by atoms with Crippen molar-refractivity contribution in [3.05, 3.63) is 32.8 Å². The summed E-state index contributed by atoms with van der Waals surface area (Å²) in [7, 11) is 0. The summed E-state index contributed by atoms with van der Waals surface area (Å²) in [6, 6.07) is 5.04. The molecular formula is C22H25IN6O2S2. The first-order valence-electron chi connectivity index (χ1n) is 11.0. The van der Waals surface area contributed by atoms with Crippen molar-refractivity contribution in [2.24, 2.45) is 0 Å². The van der Waals surface area contributed by atoms with Crippen molar-refractivity contribution in [3.8, 4) is 0 Å². The molecule has 2 N–H and O–H groups in total. The molecule has 0 aliphatic carbocycles. The molecule has 2 saturated heterocycles. The van der Waals surface area contributed by atoms with Crippen molar-refractivity contribution in [2.45, 2.75) is 37.8 Å². The maximum atomic E-state index is 5.33. The summed E-state index contributed by atoms with van der Waals surface area (Å²) < 4.78 is 11.9. The zero-order chi connectivity index (χ0) is 22.5. The van der Waals surface area contributed by atoms with E-state index in [4.69, 9.17) is 9.47 Å². The quantitative estimate of drug-likeness (QED) is 0.312. The van der Waals surface area contributed by atoms with Crippen LogP contribution >= 0.6 is 45.3 Å². The third kappa shape index (κ3) is 6.27. The van der Waals surface area contributed by atoms with Gasteiger partial charge in [0.2, 0.25) is 11.9 Å². The minimum absolute atomic E-state index is 0.445. The van der Waals surface area contributed by atoms with E-state index in [1.807, 2.05) is 23.8 Å². The maximum Gasteiger partial charge on any atom is 0.224 e. The van der Waals surface area contributed by atoms with Crippen LogP contribution in [0.25, 0.3) is 20.4 Å². The number of rotatable bonds is 4. The highest BCUT2D eigenvalue weighted by molar-refractivity contribution is 14.1. The number of hydrogen-bond donors (Lipinski definition) is 2. The molecule has 0 aromatic carbocycles. The molecule has 6 heterocycles. The zero-order valence-corrected chi connectivity index (χ0v) is 21.8. The molecule has 0 amide bonds. The smallest absolute Gasteiger partial charge is 0.224 e. The summed E-state index contributed by atoms with van der Waals surface area (Å²) in [6.45, 7) is 3.32. The fourth-order valence-electron chi connectivity index (χ4n) is 3.74. The lowest BCUT2D eigenvalue weighted by atomic mass is 10.1. The molecule has 6 rings (SSSR count). The van der Waals surface area contributed by atoms with Gasteiger partial charge in [0.1, 0.15) is 9.66 Å². The molecule has 0 saturated carbocycles. The summed E-state index contributed by atoms with van der Waals surface area (Å²) in [4.78, 5) is 19.8. The van der Waals surface area contributed by atoms with Gasteiger partial charge < -0.3 is 20.1 Å². The van der Waals surface area contributed by atoms with Crippen molar-refractivity contribution in [2.75, 3.05) is 37.1 Å². The standard InChI is InChI=1S/C11H12IN3OS.C11H13N3OS/c12-9-5-7-6-13-11(15-10(7)17-9)14-8-1-3-16-4-2-8;1-4-15-5-2-9(1)13-11-12-7-8-3-6-16-10(8)14-11/h5-6,8H,1-4H2,(H,13,14,15);3,6-7,9H,1-2,4-5H2,(H,12,13,14). The lowest BCUT2D eigenvalue weighted by Crippen LogP contribution is -2.28. The predicted molar refractivity (Wildman–Crippen MR) is 142 cm³/mol. The molecule has 0 spiro atoms. The van der Waals surface area contributed by atoms with Crippen LogP contribution < -0.4 is 10.6 Å². The monoisotopic (exact) mass is 596 g/mol. The summed E-state index contributed by atoms with van der Waals surface area (Å²) >= 11 is 5.66. The molecule has 0 bridgehead atoms.